The Hall–Kier alpha value is -1.79. The number of halogens is 1. The summed E-state index contributed by atoms with van der Waals surface area (Å²) >= 11 is 1.51. The summed E-state index contributed by atoms with van der Waals surface area (Å²) in [6.45, 7) is 0.754. The van der Waals surface area contributed by atoms with Gasteiger partial charge in [0.15, 0.2) is 5.78 Å². The van der Waals surface area contributed by atoms with Gasteiger partial charge in [0.25, 0.3) is 0 Å². The Morgan fingerprint density at radius 3 is 2.95 bits per heavy atom. The largest absolute Gasteiger partial charge is 0.496 e. The van der Waals surface area contributed by atoms with Crippen molar-refractivity contribution < 1.29 is 13.9 Å². The molecule has 2 rings (SSSR count). The maximum Gasteiger partial charge on any atom is 0.180 e. The average molecular weight is 294 g/mol. The smallest absolute Gasteiger partial charge is 0.180 e. The summed E-state index contributed by atoms with van der Waals surface area (Å²) < 4.78 is 18.3. The van der Waals surface area contributed by atoms with Gasteiger partial charge in [-0.3, -0.25) is 9.69 Å². The summed E-state index contributed by atoms with van der Waals surface area (Å²) in [5.41, 5.74) is 2.93. The Bertz CT molecular complexity index is 587. The Morgan fingerprint density at radius 2 is 2.30 bits per heavy atom. The van der Waals surface area contributed by atoms with Gasteiger partial charge in [-0.2, -0.15) is 0 Å². The molecule has 1 aromatic heterocycles. The number of ether oxygens (including phenoxy) is 1. The van der Waals surface area contributed by atoms with E-state index < -0.39 is 5.82 Å². The van der Waals surface area contributed by atoms with E-state index in [9.17, 15) is 9.18 Å². The molecule has 20 heavy (non-hydrogen) atoms. The zero-order valence-corrected chi connectivity index (χ0v) is 12.1. The van der Waals surface area contributed by atoms with E-state index in [1.807, 2.05) is 17.3 Å². The lowest BCUT2D eigenvalue weighted by Crippen LogP contribution is -2.26. The van der Waals surface area contributed by atoms with Gasteiger partial charge in [0.1, 0.15) is 11.6 Å². The monoisotopic (exact) mass is 294 g/mol. The van der Waals surface area contributed by atoms with Crippen molar-refractivity contribution in [2.24, 2.45) is 0 Å². The highest BCUT2D eigenvalue weighted by Gasteiger charge is 2.15. The van der Waals surface area contributed by atoms with E-state index in [4.69, 9.17) is 4.74 Å². The number of thiazole rings is 1. The van der Waals surface area contributed by atoms with E-state index in [0.717, 1.165) is 5.69 Å². The van der Waals surface area contributed by atoms with Crippen molar-refractivity contribution in [3.63, 3.8) is 0 Å². The SMILES string of the molecule is COc1ccc(F)cc1C(=O)CN(C)Cc1cscn1. The highest BCUT2D eigenvalue weighted by Crippen LogP contribution is 2.20. The average Bonchev–Trinajstić information content (AvgIpc) is 2.91. The Morgan fingerprint density at radius 1 is 1.50 bits per heavy atom. The molecule has 0 aliphatic carbocycles. The van der Waals surface area contributed by atoms with E-state index in [-0.39, 0.29) is 17.9 Å². The van der Waals surface area contributed by atoms with E-state index in [1.165, 1.54) is 36.6 Å². The molecule has 0 saturated carbocycles. The molecule has 1 aromatic carbocycles. The van der Waals surface area contributed by atoms with Gasteiger partial charge in [-0.25, -0.2) is 9.37 Å². The maximum absolute atomic E-state index is 13.3. The van der Waals surface area contributed by atoms with Gasteiger partial charge in [0.2, 0.25) is 0 Å². The van der Waals surface area contributed by atoms with Crippen LogP contribution in [0.1, 0.15) is 16.1 Å². The van der Waals surface area contributed by atoms with Crippen molar-refractivity contribution >= 4 is 17.1 Å². The van der Waals surface area contributed by atoms with Gasteiger partial charge in [-0.15, -0.1) is 11.3 Å². The fraction of sp³-hybridized carbons (Fsp3) is 0.286. The summed E-state index contributed by atoms with van der Waals surface area (Å²) in [5, 5.41) is 1.93. The van der Waals surface area contributed by atoms with Gasteiger partial charge in [-0.1, -0.05) is 0 Å². The van der Waals surface area contributed by atoms with Crippen molar-refractivity contribution in [2.45, 2.75) is 6.54 Å². The molecule has 6 heteroatoms. The predicted octanol–water partition coefficient (Wildman–Crippen LogP) is 2.61. The van der Waals surface area contributed by atoms with Crippen LogP contribution in [0.25, 0.3) is 0 Å². The standard InChI is InChI=1S/C14H15FN2O2S/c1-17(6-11-8-20-9-16-11)7-13(18)12-5-10(15)3-4-14(12)19-2/h3-5,8-9H,6-7H2,1-2H3. The second kappa shape index (κ2) is 6.58. The summed E-state index contributed by atoms with van der Waals surface area (Å²) in [6, 6.07) is 3.94. The Balaban J connectivity index is 2.06. The summed E-state index contributed by atoms with van der Waals surface area (Å²) in [4.78, 5) is 18.2. The van der Waals surface area contributed by atoms with Crippen LogP contribution < -0.4 is 4.74 Å². The van der Waals surface area contributed by atoms with Gasteiger partial charge < -0.3 is 4.74 Å². The van der Waals surface area contributed by atoms with Crippen molar-refractivity contribution in [1.82, 2.24) is 9.88 Å². The number of benzene rings is 1. The van der Waals surface area contributed by atoms with Crippen molar-refractivity contribution in [1.29, 1.82) is 0 Å². The number of nitrogens with zero attached hydrogens (tertiary/aromatic N) is 2. The molecule has 0 bridgehead atoms. The first-order valence-corrected chi connectivity index (χ1v) is 6.96. The molecule has 0 radical (unpaired) electrons. The quantitative estimate of drug-likeness (QED) is 0.768. The molecular formula is C14H15FN2O2S. The second-order valence-electron chi connectivity index (χ2n) is 4.42. The van der Waals surface area contributed by atoms with E-state index >= 15 is 0 Å². The maximum atomic E-state index is 13.3. The molecule has 2 aromatic rings. The van der Waals surface area contributed by atoms with Crippen LogP contribution in [0.15, 0.2) is 29.1 Å². The lowest BCUT2D eigenvalue weighted by molar-refractivity contribution is 0.0939. The van der Waals surface area contributed by atoms with E-state index in [2.05, 4.69) is 4.98 Å². The third-order valence-corrected chi connectivity index (χ3v) is 3.43. The molecule has 0 unspecified atom stereocenters. The Kier molecular flexibility index (Phi) is 4.81. The normalized spacial score (nSPS) is 10.8. The molecule has 4 nitrogen and oxygen atoms in total. The number of likely N-dealkylation sites (N-methyl/N-ethyl adjacent to an activating group) is 1. The first kappa shape index (κ1) is 14.6. The highest BCUT2D eigenvalue weighted by molar-refractivity contribution is 7.07. The van der Waals surface area contributed by atoms with Crippen LogP contribution in [0.5, 0.6) is 5.75 Å². The van der Waals surface area contributed by atoms with Crippen LogP contribution in [-0.4, -0.2) is 36.4 Å². The third-order valence-electron chi connectivity index (χ3n) is 2.79. The van der Waals surface area contributed by atoms with Crippen LogP contribution in [0.3, 0.4) is 0 Å². The summed E-state index contributed by atoms with van der Waals surface area (Å²) in [7, 11) is 3.28. The van der Waals surface area contributed by atoms with Crippen LogP contribution in [0, 0.1) is 5.82 Å². The molecule has 106 valence electrons. The number of rotatable bonds is 6. The molecule has 0 spiro atoms. The van der Waals surface area contributed by atoms with Gasteiger partial charge in [0.05, 0.1) is 30.4 Å². The van der Waals surface area contributed by atoms with E-state index in [1.54, 1.807) is 5.51 Å². The number of hydrogen-bond acceptors (Lipinski definition) is 5. The van der Waals surface area contributed by atoms with Crippen molar-refractivity contribution in [2.75, 3.05) is 20.7 Å². The molecule has 0 fully saturated rings. The zero-order chi connectivity index (χ0) is 14.5. The number of carbonyl (C=O) groups excluding carboxylic acids is 1. The minimum Gasteiger partial charge on any atom is -0.496 e. The minimum absolute atomic E-state index is 0.178. The van der Waals surface area contributed by atoms with Crippen LogP contribution in [0.2, 0.25) is 0 Å². The molecule has 0 aliphatic rings. The number of hydrogen-bond donors (Lipinski definition) is 0. The van der Waals surface area contributed by atoms with Gasteiger partial charge in [-0.05, 0) is 25.2 Å². The van der Waals surface area contributed by atoms with Crippen LogP contribution in [0.4, 0.5) is 4.39 Å². The topological polar surface area (TPSA) is 42.4 Å². The molecule has 0 saturated heterocycles. The number of methoxy groups -OCH3 is 1. The number of Topliss-reactive ketones (excluding diaryl/α,β-unsaturated/α-hetero) is 1. The van der Waals surface area contributed by atoms with Crippen LogP contribution in [-0.2, 0) is 6.54 Å². The lowest BCUT2D eigenvalue weighted by atomic mass is 10.1. The van der Waals surface area contributed by atoms with Gasteiger partial charge >= 0.3 is 0 Å². The molecule has 0 amide bonds. The fourth-order valence-corrected chi connectivity index (χ4v) is 2.43. The molecule has 1 heterocycles. The number of carbonyl (C=O) groups is 1. The van der Waals surface area contributed by atoms with Crippen molar-refractivity contribution in [3.8, 4) is 5.75 Å². The minimum atomic E-state index is -0.448. The Labute approximate surface area is 120 Å². The van der Waals surface area contributed by atoms with Crippen LogP contribution >= 0.6 is 11.3 Å². The number of aromatic nitrogens is 1. The highest BCUT2D eigenvalue weighted by atomic mass is 32.1. The summed E-state index contributed by atoms with van der Waals surface area (Å²) in [6.07, 6.45) is 0. The third kappa shape index (κ3) is 3.61. The van der Waals surface area contributed by atoms with E-state index in [0.29, 0.717) is 12.3 Å². The zero-order valence-electron chi connectivity index (χ0n) is 11.3. The van der Waals surface area contributed by atoms with Gasteiger partial charge in [0, 0.05) is 11.9 Å². The summed E-state index contributed by atoms with van der Waals surface area (Å²) in [5.74, 6) is -0.242. The molecule has 0 N–H and O–H groups in total. The first-order valence-electron chi connectivity index (χ1n) is 6.02. The van der Waals surface area contributed by atoms with Crippen molar-refractivity contribution in [3.05, 3.63) is 46.2 Å². The number of ketones is 1. The predicted molar refractivity (Wildman–Crippen MR) is 75.7 cm³/mol. The molecule has 0 atom stereocenters. The second-order valence-corrected chi connectivity index (χ2v) is 5.14. The molecule has 0 aliphatic heterocycles. The fourth-order valence-electron chi connectivity index (χ4n) is 1.88. The lowest BCUT2D eigenvalue weighted by Gasteiger charge is -2.15. The first-order chi connectivity index (χ1) is 9.60. The molecular weight excluding hydrogens is 279 g/mol.